The molecule has 1 rings (SSSR count). The zero-order chi connectivity index (χ0) is 9.90. The van der Waals surface area contributed by atoms with E-state index >= 15 is 0 Å². The number of hydrogen-bond donors (Lipinski definition) is 0. The molecule has 0 atom stereocenters. The second-order valence-electron chi connectivity index (χ2n) is 3.62. The quantitative estimate of drug-likeness (QED) is 0.691. The Morgan fingerprint density at radius 1 is 1.31 bits per heavy atom. The molecule has 0 bridgehead atoms. The number of rotatable bonds is 4. The van der Waals surface area contributed by atoms with Gasteiger partial charge in [-0.05, 0) is 12.8 Å². The Labute approximate surface area is 79.4 Å². The molecular formula is C9H16O3S. The van der Waals surface area contributed by atoms with Crippen LogP contribution in [0.2, 0.25) is 0 Å². The molecule has 0 spiro atoms. The lowest BCUT2D eigenvalue weighted by atomic mass is 10.0. The molecule has 0 radical (unpaired) electrons. The third kappa shape index (κ3) is 3.10. The fraction of sp³-hybridized carbons (Fsp3) is 0.889. The van der Waals surface area contributed by atoms with Gasteiger partial charge < -0.3 is 0 Å². The van der Waals surface area contributed by atoms with Crippen LogP contribution >= 0.6 is 0 Å². The first-order valence-electron chi connectivity index (χ1n) is 4.78. The molecule has 0 aromatic carbocycles. The lowest BCUT2D eigenvalue weighted by molar-refractivity contribution is -0.120. The van der Waals surface area contributed by atoms with E-state index in [2.05, 4.69) is 0 Å². The van der Waals surface area contributed by atoms with Crippen LogP contribution in [0.5, 0.6) is 0 Å². The summed E-state index contributed by atoms with van der Waals surface area (Å²) in [7, 11) is -3.11. The molecule has 1 aliphatic rings. The maximum absolute atomic E-state index is 11.4. The smallest absolute Gasteiger partial charge is 0.157 e. The molecule has 0 amide bonds. The van der Waals surface area contributed by atoms with Crippen molar-refractivity contribution in [2.75, 3.05) is 11.5 Å². The van der Waals surface area contributed by atoms with Crippen LogP contribution < -0.4 is 0 Å². The Morgan fingerprint density at radius 3 is 2.31 bits per heavy atom. The molecule has 1 fully saturated rings. The van der Waals surface area contributed by atoms with Crippen LogP contribution in [0.25, 0.3) is 0 Å². The Kier molecular flexibility index (Phi) is 3.47. The van der Waals surface area contributed by atoms with E-state index < -0.39 is 9.84 Å². The zero-order valence-corrected chi connectivity index (χ0v) is 8.77. The third-order valence-corrected chi connectivity index (χ3v) is 4.22. The van der Waals surface area contributed by atoms with E-state index in [0.29, 0.717) is 0 Å². The van der Waals surface area contributed by atoms with Gasteiger partial charge in [-0.15, -0.1) is 0 Å². The SMILES string of the molecule is CCS(=O)(=O)CC(=O)C1CCCC1. The van der Waals surface area contributed by atoms with Crippen molar-refractivity contribution in [3.8, 4) is 0 Å². The lowest BCUT2D eigenvalue weighted by Gasteiger charge is -2.06. The molecule has 4 heteroatoms. The van der Waals surface area contributed by atoms with Gasteiger partial charge in [-0.2, -0.15) is 0 Å². The van der Waals surface area contributed by atoms with Crippen LogP contribution in [0.1, 0.15) is 32.6 Å². The molecule has 3 nitrogen and oxygen atoms in total. The average molecular weight is 204 g/mol. The molecule has 0 aliphatic heterocycles. The van der Waals surface area contributed by atoms with Crippen LogP contribution in [-0.4, -0.2) is 25.7 Å². The van der Waals surface area contributed by atoms with E-state index in [1.54, 1.807) is 6.92 Å². The first-order valence-corrected chi connectivity index (χ1v) is 6.60. The average Bonchev–Trinajstić information content (AvgIpc) is 2.55. The van der Waals surface area contributed by atoms with E-state index in [1.165, 1.54) is 0 Å². The Bertz CT molecular complexity index is 273. The number of carbonyl (C=O) groups is 1. The molecule has 0 N–H and O–H groups in total. The summed E-state index contributed by atoms with van der Waals surface area (Å²) >= 11 is 0. The van der Waals surface area contributed by atoms with Gasteiger partial charge in [-0.3, -0.25) is 4.79 Å². The highest BCUT2D eigenvalue weighted by atomic mass is 32.2. The van der Waals surface area contributed by atoms with Gasteiger partial charge in [0.2, 0.25) is 0 Å². The fourth-order valence-corrected chi connectivity index (χ4v) is 2.56. The van der Waals surface area contributed by atoms with Crippen molar-refractivity contribution < 1.29 is 13.2 Å². The molecule has 0 unspecified atom stereocenters. The minimum Gasteiger partial charge on any atom is -0.298 e. The van der Waals surface area contributed by atoms with Crippen molar-refractivity contribution in [1.82, 2.24) is 0 Å². The second-order valence-corrected chi connectivity index (χ2v) is 5.98. The van der Waals surface area contributed by atoms with Gasteiger partial charge in [0.1, 0.15) is 5.75 Å². The van der Waals surface area contributed by atoms with Gasteiger partial charge in [-0.1, -0.05) is 19.8 Å². The van der Waals surface area contributed by atoms with Crippen molar-refractivity contribution in [2.24, 2.45) is 5.92 Å². The Balaban J connectivity index is 2.49. The fourth-order valence-electron chi connectivity index (χ4n) is 1.68. The van der Waals surface area contributed by atoms with Gasteiger partial charge in [0, 0.05) is 11.7 Å². The van der Waals surface area contributed by atoms with Crippen LogP contribution in [0.3, 0.4) is 0 Å². The summed E-state index contributed by atoms with van der Waals surface area (Å²) in [6.45, 7) is 1.58. The van der Waals surface area contributed by atoms with Crippen LogP contribution in [0.4, 0.5) is 0 Å². The van der Waals surface area contributed by atoms with E-state index in [1.807, 2.05) is 0 Å². The predicted octanol–water partition coefficient (Wildman–Crippen LogP) is 1.18. The second kappa shape index (κ2) is 4.22. The van der Waals surface area contributed by atoms with Crippen LogP contribution in [0.15, 0.2) is 0 Å². The topological polar surface area (TPSA) is 51.2 Å². The molecule has 0 heterocycles. The number of hydrogen-bond acceptors (Lipinski definition) is 3. The van der Waals surface area contributed by atoms with E-state index in [-0.39, 0.29) is 23.2 Å². The van der Waals surface area contributed by atoms with Gasteiger partial charge in [0.25, 0.3) is 0 Å². The summed E-state index contributed by atoms with van der Waals surface area (Å²) in [4.78, 5) is 11.4. The monoisotopic (exact) mass is 204 g/mol. The highest BCUT2D eigenvalue weighted by Crippen LogP contribution is 2.25. The molecule has 0 saturated heterocycles. The maximum atomic E-state index is 11.4. The van der Waals surface area contributed by atoms with Crippen molar-refractivity contribution >= 4 is 15.6 Å². The lowest BCUT2D eigenvalue weighted by Crippen LogP contribution is -2.23. The number of ketones is 1. The number of carbonyl (C=O) groups excluding carboxylic acids is 1. The molecular weight excluding hydrogens is 188 g/mol. The maximum Gasteiger partial charge on any atom is 0.157 e. The van der Waals surface area contributed by atoms with Crippen molar-refractivity contribution in [2.45, 2.75) is 32.6 Å². The van der Waals surface area contributed by atoms with Crippen molar-refractivity contribution in [1.29, 1.82) is 0 Å². The van der Waals surface area contributed by atoms with E-state index in [9.17, 15) is 13.2 Å². The molecule has 76 valence electrons. The third-order valence-electron chi connectivity index (χ3n) is 2.61. The summed E-state index contributed by atoms with van der Waals surface area (Å²) in [6.07, 6.45) is 3.92. The summed E-state index contributed by atoms with van der Waals surface area (Å²) < 4.78 is 22.3. The van der Waals surface area contributed by atoms with Crippen molar-refractivity contribution in [3.63, 3.8) is 0 Å². The molecule has 1 saturated carbocycles. The van der Waals surface area contributed by atoms with E-state index in [4.69, 9.17) is 0 Å². The largest absolute Gasteiger partial charge is 0.298 e. The zero-order valence-electron chi connectivity index (χ0n) is 7.95. The minimum absolute atomic E-state index is 0.0290. The first kappa shape index (κ1) is 10.7. The standard InChI is InChI=1S/C9H16O3S/c1-2-13(11,12)7-9(10)8-5-3-4-6-8/h8H,2-7H2,1H3. The molecule has 13 heavy (non-hydrogen) atoms. The Morgan fingerprint density at radius 2 is 1.85 bits per heavy atom. The highest BCUT2D eigenvalue weighted by Gasteiger charge is 2.25. The van der Waals surface area contributed by atoms with Crippen LogP contribution in [-0.2, 0) is 14.6 Å². The van der Waals surface area contributed by atoms with Crippen molar-refractivity contribution in [3.05, 3.63) is 0 Å². The predicted molar refractivity (Wildman–Crippen MR) is 51.3 cm³/mol. The van der Waals surface area contributed by atoms with Gasteiger partial charge in [0.05, 0.1) is 0 Å². The van der Waals surface area contributed by atoms with E-state index in [0.717, 1.165) is 25.7 Å². The summed E-state index contributed by atoms with van der Waals surface area (Å²) in [6, 6.07) is 0. The number of sulfone groups is 1. The molecule has 0 aromatic heterocycles. The summed E-state index contributed by atoms with van der Waals surface area (Å²) in [5.74, 6) is -0.208. The Hall–Kier alpha value is -0.380. The summed E-state index contributed by atoms with van der Waals surface area (Å²) in [5, 5.41) is 0. The van der Waals surface area contributed by atoms with Gasteiger partial charge in [-0.25, -0.2) is 8.42 Å². The molecule has 1 aliphatic carbocycles. The van der Waals surface area contributed by atoms with Gasteiger partial charge >= 0.3 is 0 Å². The minimum atomic E-state index is -3.11. The van der Waals surface area contributed by atoms with Gasteiger partial charge in [0.15, 0.2) is 15.6 Å². The normalized spacial score (nSPS) is 19.2. The summed E-state index contributed by atoms with van der Waals surface area (Å²) in [5.41, 5.74) is 0. The first-order chi connectivity index (χ1) is 6.05. The number of Topliss-reactive ketones (excluding diaryl/α,β-unsaturated/α-hetero) is 1. The van der Waals surface area contributed by atoms with Crippen LogP contribution in [0, 0.1) is 5.92 Å². The molecule has 0 aromatic rings. The highest BCUT2D eigenvalue weighted by molar-refractivity contribution is 7.92.